The van der Waals surface area contributed by atoms with Crippen LogP contribution in [0.2, 0.25) is 5.02 Å². The van der Waals surface area contributed by atoms with E-state index in [1.54, 1.807) is 7.11 Å². The van der Waals surface area contributed by atoms with Crippen molar-refractivity contribution in [1.82, 2.24) is 10.2 Å². The summed E-state index contributed by atoms with van der Waals surface area (Å²) in [6.07, 6.45) is 0.928. The molecule has 1 N–H and O–H groups in total. The number of rotatable bonds is 8. The summed E-state index contributed by atoms with van der Waals surface area (Å²) in [5.74, 6) is 0.0230. The van der Waals surface area contributed by atoms with E-state index in [0.717, 1.165) is 25.1 Å². The molecule has 1 aromatic carbocycles. The van der Waals surface area contributed by atoms with Crippen LogP contribution in [0.5, 0.6) is 0 Å². The number of ether oxygens (including phenoxy) is 1. The monoisotopic (exact) mass is 284 g/mol. The molecule has 0 unspecified atom stereocenters. The van der Waals surface area contributed by atoms with E-state index in [2.05, 4.69) is 5.32 Å². The summed E-state index contributed by atoms with van der Waals surface area (Å²) < 4.78 is 4.97. The van der Waals surface area contributed by atoms with Crippen LogP contribution >= 0.6 is 11.6 Å². The zero-order chi connectivity index (χ0) is 14.1. The second-order valence-corrected chi connectivity index (χ2v) is 4.92. The highest BCUT2D eigenvalue weighted by Gasteiger charge is 2.05. The molecular formula is C14H21ClN2O2. The number of benzene rings is 1. The smallest absolute Gasteiger partial charge is 0.234 e. The van der Waals surface area contributed by atoms with Crippen LogP contribution in [0.25, 0.3) is 0 Å². The molecular weight excluding hydrogens is 264 g/mol. The molecule has 0 saturated carbocycles. The standard InChI is InChI=1S/C14H21ClN2O2/c1-17(8-3-9-19-2)11-14(18)16-10-12-4-6-13(15)7-5-12/h4-7H,3,8-11H2,1-2H3,(H,16,18). The van der Waals surface area contributed by atoms with Gasteiger partial charge < -0.3 is 10.1 Å². The molecule has 19 heavy (non-hydrogen) atoms. The molecule has 0 aliphatic rings. The first-order valence-corrected chi connectivity index (χ1v) is 6.68. The predicted molar refractivity (Wildman–Crippen MR) is 77.3 cm³/mol. The van der Waals surface area contributed by atoms with E-state index >= 15 is 0 Å². The molecule has 1 rings (SSSR count). The van der Waals surface area contributed by atoms with Gasteiger partial charge in [-0.25, -0.2) is 0 Å². The summed E-state index contributed by atoms with van der Waals surface area (Å²) in [6, 6.07) is 7.45. The van der Waals surface area contributed by atoms with E-state index in [4.69, 9.17) is 16.3 Å². The zero-order valence-corrected chi connectivity index (χ0v) is 12.2. The molecule has 0 spiro atoms. The quantitative estimate of drug-likeness (QED) is 0.742. The molecule has 106 valence electrons. The number of hydrogen-bond acceptors (Lipinski definition) is 3. The van der Waals surface area contributed by atoms with Crippen molar-refractivity contribution in [3.8, 4) is 0 Å². The maximum absolute atomic E-state index is 11.7. The van der Waals surface area contributed by atoms with Gasteiger partial charge in [0.1, 0.15) is 0 Å². The summed E-state index contributed by atoms with van der Waals surface area (Å²) in [4.78, 5) is 13.7. The Hall–Kier alpha value is -1.10. The molecule has 4 nitrogen and oxygen atoms in total. The van der Waals surface area contributed by atoms with E-state index < -0.39 is 0 Å². The first-order valence-electron chi connectivity index (χ1n) is 6.30. The maximum atomic E-state index is 11.7. The van der Waals surface area contributed by atoms with E-state index in [-0.39, 0.29) is 5.91 Å². The molecule has 0 atom stereocenters. The van der Waals surface area contributed by atoms with Crippen molar-refractivity contribution in [3.63, 3.8) is 0 Å². The van der Waals surface area contributed by atoms with E-state index in [0.29, 0.717) is 18.1 Å². The van der Waals surface area contributed by atoms with Gasteiger partial charge in [0, 0.05) is 31.8 Å². The van der Waals surface area contributed by atoms with Crippen molar-refractivity contribution < 1.29 is 9.53 Å². The third kappa shape index (κ3) is 7.15. The van der Waals surface area contributed by atoms with Crippen LogP contribution in [0.15, 0.2) is 24.3 Å². The number of nitrogens with zero attached hydrogens (tertiary/aromatic N) is 1. The summed E-state index contributed by atoms with van der Waals surface area (Å²) >= 11 is 5.80. The molecule has 0 bridgehead atoms. The van der Waals surface area contributed by atoms with Gasteiger partial charge >= 0.3 is 0 Å². The average molecular weight is 285 g/mol. The lowest BCUT2D eigenvalue weighted by molar-refractivity contribution is -0.122. The fraction of sp³-hybridized carbons (Fsp3) is 0.500. The van der Waals surface area contributed by atoms with Gasteiger partial charge in [0.2, 0.25) is 5.91 Å². The first-order chi connectivity index (χ1) is 9.11. The number of methoxy groups -OCH3 is 1. The van der Waals surface area contributed by atoms with Gasteiger partial charge in [-0.15, -0.1) is 0 Å². The molecule has 0 heterocycles. The van der Waals surface area contributed by atoms with Crippen LogP contribution in [0.3, 0.4) is 0 Å². The van der Waals surface area contributed by atoms with Gasteiger partial charge in [-0.1, -0.05) is 23.7 Å². The Labute approximate surface area is 119 Å². The van der Waals surface area contributed by atoms with Crippen molar-refractivity contribution in [2.24, 2.45) is 0 Å². The highest BCUT2D eigenvalue weighted by atomic mass is 35.5. The van der Waals surface area contributed by atoms with Crippen molar-refractivity contribution >= 4 is 17.5 Å². The van der Waals surface area contributed by atoms with Gasteiger partial charge in [0.15, 0.2) is 0 Å². The molecule has 0 aliphatic carbocycles. The number of hydrogen-bond donors (Lipinski definition) is 1. The summed E-state index contributed by atoms with van der Waals surface area (Å²) in [5.41, 5.74) is 1.04. The fourth-order valence-electron chi connectivity index (χ4n) is 1.66. The average Bonchev–Trinajstić information content (AvgIpc) is 2.38. The third-order valence-electron chi connectivity index (χ3n) is 2.70. The van der Waals surface area contributed by atoms with E-state index in [1.165, 1.54) is 0 Å². The largest absolute Gasteiger partial charge is 0.385 e. The van der Waals surface area contributed by atoms with Gasteiger partial charge in [0.05, 0.1) is 6.54 Å². The Morgan fingerprint density at radius 3 is 2.68 bits per heavy atom. The van der Waals surface area contributed by atoms with Crippen molar-refractivity contribution in [2.45, 2.75) is 13.0 Å². The first kappa shape index (κ1) is 16.0. The maximum Gasteiger partial charge on any atom is 0.234 e. The van der Waals surface area contributed by atoms with Crippen LogP contribution in [0.1, 0.15) is 12.0 Å². The Morgan fingerprint density at radius 1 is 1.37 bits per heavy atom. The van der Waals surface area contributed by atoms with Gasteiger partial charge in [-0.3, -0.25) is 9.69 Å². The van der Waals surface area contributed by atoms with Crippen LogP contribution in [-0.2, 0) is 16.1 Å². The highest BCUT2D eigenvalue weighted by Crippen LogP contribution is 2.08. The molecule has 0 aromatic heterocycles. The minimum atomic E-state index is 0.0230. The Balaban J connectivity index is 2.22. The minimum Gasteiger partial charge on any atom is -0.385 e. The normalized spacial score (nSPS) is 10.7. The number of nitrogens with one attached hydrogen (secondary N) is 1. The van der Waals surface area contributed by atoms with Crippen LogP contribution in [0.4, 0.5) is 0 Å². The Bertz CT molecular complexity index is 382. The zero-order valence-electron chi connectivity index (χ0n) is 11.5. The van der Waals surface area contributed by atoms with Crippen molar-refractivity contribution in [3.05, 3.63) is 34.9 Å². The molecule has 0 radical (unpaired) electrons. The van der Waals surface area contributed by atoms with Gasteiger partial charge in [-0.2, -0.15) is 0 Å². The summed E-state index contributed by atoms with van der Waals surface area (Å²) in [5, 5.41) is 3.59. The van der Waals surface area contributed by atoms with E-state index in [1.807, 2.05) is 36.2 Å². The molecule has 0 saturated heterocycles. The lowest BCUT2D eigenvalue weighted by atomic mass is 10.2. The van der Waals surface area contributed by atoms with E-state index in [9.17, 15) is 4.79 Å². The van der Waals surface area contributed by atoms with Crippen LogP contribution in [-0.4, -0.2) is 44.7 Å². The SMILES string of the molecule is COCCCN(C)CC(=O)NCc1ccc(Cl)cc1. The van der Waals surface area contributed by atoms with Gasteiger partial charge in [0.25, 0.3) is 0 Å². The fourth-order valence-corrected chi connectivity index (χ4v) is 1.79. The minimum absolute atomic E-state index is 0.0230. The number of likely N-dealkylation sites (N-methyl/N-ethyl adjacent to an activating group) is 1. The lowest BCUT2D eigenvalue weighted by Crippen LogP contribution is -2.35. The van der Waals surface area contributed by atoms with Crippen molar-refractivity contribution in [1.29, 1.82) is 0 Å². The van der Waals surface area contributed by atoms with Crippen LogP contribution in [0, 0.1) is 0 Å². The third-order valence-corrected chi connectivity index (χ3v) is 2.96. The summed E-state index contributed by atoms with van der Waals surface area (Å²) in [6.45, 7) is 2.50. The molecule has 1 amide bonds. The Kier molecular flexibility index (Phi) is 7.48. The second kappa shape index (κ2) is 8.91. The highest BCUT2D eigenvalue weighted by molar-refractivity contribution is 6.30. The number of carbonyl (C=O) groups excluding carboxylic acids is 1. The molecule has 1 aromatic rings. The predicted octanol–water partition coefficient (Wildman–Crippen LogP) is 1.92. The summed E-state index contributed by atoms with van der Waals surface area (Å²) in [7, 11) is 3.61. The number of halogens is 1. The Morgan fingerprint density at radius 2 is 2.05 bits per heavy atom. The molecule has 5 heteroatoms. The van der Waals surface area contributed by atoms with Gasteiger partial charge in [-0.05, 0) is 31.2 Å². The second-order valence-electron chi connectivity index (χ2n) is 4.49. The lowest BCUT2D eigenvalue weighted by Gasteiger charge is -2.15. The molecule has 0 aliphatic heterocycles. The van der Waals surface area contributed by atoms with Crippen LogP contribution < -0.4 is 5.32 Å². The topological polar surface area (TPSA) is 41.6 Å². The number of carbonyl (C=O) groups is 1. The number of amides is 1. The van der Waals surface area contributed by atoms with Crippen molar-refractivity contribution in [2.75, 3.05) is 33.9 Å². The molecule has 0 fully saturated rings.